The van der Waals surface area contributed by atoms with Crippen LogP contribution in [0.3, 0.4) is 0 Å². The maximum absolute atomic E-state index is 12.5. The quantitative estimate of drug-likeness (QED) is 0.547. The molecule has 1 atom stereocenters. The largest absolute Gasteiger partial charge is 0.444 e. The molecule has 1 aromatic heterocycles. The van der Waals surface area contributed by atoms with E-state index < -0.39 is 5.91 Å². The molecule has 0 spiro atoms. The van der Waals surface area contributed by atoms with E-state index in [0.29, 0.717) is 20.9 Å². The Balaban J connectivity index is 1.69. The van der Waals surface area contributed by atoms with Gasteiger partial charge in [0.2, 0.25) is 0 Å². The number of nitrogens with one attached hydrogen (secondary N) is 2. The van der Waals surface area contributed by atoms with Crippen molar-refractivity contribution >= 4 is 45.0 Å². The molecule has 3 rings (SSSR count). The van der Waals surface area contributed by atoms with Crippen molar-refractivity contribution in [1.29, 1.82) is 0 Å². The first-order valence-corrected chi connectivity index (χ1v) is 9.32. The number of hydrogen-bond donors (Lipinski definition) is 2. The summed E-state index contributed by atoms with van der Waals surface area (Å²) >= 11 is 9.16. The van der Waals surface area contributed by atoms with Crippen LogP contribution in [0.2, 0.25) is 5.02 Å². The number of furan rings is 1. The molecule has 7 heteroatoms. The fourth-order valence-corrected chi connectivity index (χ4v) is 3.01. The lowest BCUT2D eigenvalue weighted by Crippen LogP contribution is -2.26. The Hall–Kier alpha value is -2.57. The highest BCUT2D eigenvalue weighted by Crippen LogP contribution is 2.19. The lowest BCUT2D eigenvalue weighted by molar-refractivity contribution is 0.0938. The minimum absolute atomic E-state index is 0.173. The van der Waals surface area contributed by atoms with Gasteiger partial charge in [0, 0.05) is 16.3 Å². The van der Waals surface area contributed by atoms with Crippen LogP contribution in [0.25, 0.3) is 0 Å². The number of hydrogen-bond acceptors (Lipinski definition) is 3. The van der Waals surface area contributed by atoms with E-state index in [0.717, 1.165) is 5.56 Å². The molecule has 1 heterocycles. The number of halogens is 2. The predicted molar refractivity (Wildman–Crippen MR) is 108 cm³/mol. The van der Waals surface area contributed by atoms with Crippen molar-refractivity contribution in [2.75, 3.05) is 5.32 Å². The molecule has 0 bridgehead atoms. The summed E-state index contributed by atoms with van der Waals surface area (Å²) in [6, 6.07) is 17.0. The summed E-state index contributed by atoms with van der Waals surface area (Å²) in [6.45, 7) is 1.88. The molecule has 3 aromatic rings. The van der Waals surface area contributed by atoms with Gasteiger partial charge in [-0.25, -0.2) is 0 Å². The highest BCUT2D eigenvalue weighted by atomic mass is 79.9. The molecular weight excluding hydrogens is 432 g/mol. The van der Waals surface area contributed by atoms with Gasteiger partial charge in [0.25, 0.3) is 11.8 Å². The Labute approximate surface area is 169 Å². The number of rotatable bonds is 5. The van der Waals surface area contributed by atoms with Crippen molar-refractivity contribution in [2.45, 2.75) is 13.0 Å². The standard InChI is InChI=1S/C20H16BrClN2O3/c1-12(13-4-2-6-15(22)10-13)23-19(25)14-5-3-7-16(11-14)24-20(26)17-8-9-18(21)27-17/h2-12H,1H3,(H,23,25)(H,24,26). The van der Waals surface area contributed by atoms with Gasteiger partial charge in [0.15, 0.2) is 10.4 Å². The number of carbonyl (C=O) groups is 2. The van der Waals surface area contributed by atoms with E-state index in [4.69, 9.17) is 16.0 Å². The van der Waals surface area contributed by atoms with Crippen LogP contribution in [0.5, 0.6) is 0 Å². The molecule has 0 aliphatic heterocycles. The summed E-state index contributed by atoms with van der Waals surface area (Å²) in [5.74, 6) is -0.476. The minimum atomic E-state index is -0.398. The van der Waals surface area contributed by atoms with Crippen LogP contribution in [0, 0.1) is 0 Å². The average Bonchev–Trinajstić information content (AvgIpc) is 3.08. The second-order valence-electron chi connectivity index (χ2n) is 5.89. The van der Waals surface area contributed by atoms with Crippen molar-refractivity contribution in [3.63, 3.8) is 0 Å². The normalized spacial score (nSPS) is 11.7. The van der Waals surface area contributed by atoms with Crippen molar-refractivity contribution in [3.05, 3.63) is 87.2 Å². The van der Waals surface area contributed by atoms with Gasteiger partial charge in [-0.3, -0.25) is 9.59 Å². The summed E-state index contributed by atoms with van der Waals surface area (Å²) in [7, 11) is 0. The van der Waals surface area contributed by atoms with Crippen molar-refractivity contribution in [1.82, 2.24) is 5.32 Å². The van der Waals surface area contributed by atoms with Crippen LogP contribution < -0.4 is 10.6 Å². The molecule has 0 aliphatic rings. The molecule has 2 N–H and O–H groups in total. The van der Waals surface area contributed by atoms with E-state index in [2.05, 4.69) is 26.6 Å². The monoisotopic (exact) mass is 446 g/mol. The zero-order valence-corrected chi connectivity index (χ0v) is 16.7. The van der Waals surface area contributed by atoms with Crippen LogP contribution in [-0.2, 0) is 0 Å². The molecule has 138 valence electrons. The highest BCUT2D eigenvalue weighted by molar-refractivity contribution is 9.10. The summed E-state index contributed by atoms with van der Waals surface area (Å²) in [5.41, 5.74) is 1.83. The van der Waals surface area contributed by atoms with Gasteiger partial charge in [0.05, 0.1) is 6.04 Å². The first kappa shape index (κ1) is 19.2. The summed E-state index contributed by atoms with van der Waals surface area (Å²) < 4.78 is 5.69. The minimum Gasteiger partial charge on any atom is -0.444 e. The molecule has 0 aliphatic carbocycles. The van der Waals surface area contributed by atoms with E-state index in [9.17, 15) is 9.59 Å². The Morgan fingerprint density at radius 3 is 2.52 bits per heavy atom. The Morgan fingerprint density at radius 1 is 1.04 bits per heavy atom. The summed E-state index contributed by atoms with van der Waals surface area (Å²) in [5, 5.41) is 6.24. The lowest BCUT2D eigenvalue weighted by atomic mass is 10.1. The predicted octanol–water partition coefficient (Wildman–Crippen LogP) is 5.44. The summed E-state index contributed by atoms with van der Waals surface area (Å²) in [4.78, 5) is 24.7. The molecule has 0 fully saturated rings. The molecule has 2 aromatic carbocycles. The van der Waals surface area contributed by atoms with Gasteiger partial charge < -0.3 is 15.1 Å². The van der Waals surface area contributed by atoms with Crippen LogP contribution in [-0.4, -0.2) is 11.8 Å². The van der Waals surface area contributed by atoms with E-state index in [1.54, 1.807) is 42.5 Å². The number of amides is 2. The van der Waals surface area contributed by atoms with Gasteiger partial charge >= 0.3 is 0 Å². The zero-order valence-electron chi connectivity index (χ0n) is 14.3. The lowest BCUT2D eigenvalue weighted by Gasteiger charge is -2.15. The highest BCUT2D eigenvalue weighted by Gasteiger charge is 2.14. The summed E-state index contributed by atoms with van der Waals surface area (Å²) in [6.07, 6.45) is 0. The molecular formula is C20H16BrClN2O3. The third kappa shape index (κ3) is 4.99. The SMILES string of the molecule is CC(NC(=O)c1cccc(NC(=O)c2ccc(Br)o2)c1)c1cccc(Cl)c1. The van der Waals surface area contributed by atoms with E-state index in [-0.39, 0.29) is 17.7 Å². The number of anilines is 1. The zero-order chi connectivity index (χ0) is 19.4. The topological polar surface area (TPSA) is 71.3 Å². The van der Waals surface area contributed by atoms with Gasteiger partial charge in [0.1, 0.15) is 0 Å². The first-order valence-electron chi connectivity index (χ1n) is 8.15. The van der Waals surface area contributed by atoms with Crippen molar-refractivity contribution in [3.8, 4) is 0 Å². The Kier molecular flexibility index (Phi) is 5.98. The fraction of sp³-hybridized carbons (Fsp3) is 0.100. The second kappa shape index (κ2) is 8.41. The van der Waals surface area contributed by atoms with Gasteiger partial charge in [-0.2, -0.15) is 0 Å². The molecule has 1 unspecified atom stereocenters. The second-order valence-corrected chi connectivity index (χ2v) is 7.11. The molecule has 0 saturated heterocycles. The van der Waals surface area contributed by atoms with Crippen LogP contribution in [0.15, 0.2) is 69.8 Å². The van der Waals surface area contributed by atoms with E-state index in [1.807, 2.05) is 25.1 Å². The van der Waals surface area contributed by atoms with Gasteiger partial charge in [-0.05, 0) is 70.9 Å². The smallest absolute Gasteiger partial charge is 0.291 e. The van der Waals surface area contributed by atoms with Crippen LogP contribution in [0.1, 0.15) is 39.4 Å². The molecule has 5 nitrogen and oxygen atoms in total. The van der Waals surface area contributed by atoms with Crippen molar-refractivity contribution < 1.29 is 14.0 Å². The maximum atomic E-state index is 12.5. The third-order valence-corrected chi connectivity index (χ3v) is 4.54. The van der Waals surface area contributed by atoms with E-state index >= 15 is 0 Å². The van der Waals surface area contributed by atoms with Gasteiger partial charge in [-0.15, -0.1) is 0 Å². The molecule has 27 heavy (non-hydrogen) atoms. The van der Waals surface area contributed by atoms with Crippen LogP contribution in [0.4, 0.5) is 5.69 Å². The first-order chi connectivity index (χ1) is 12.9. The maximum Gasteiger partial charge on any atom is 0.291 e. The Morgan fingerprint density at radius 2 is 1.81 bits per heavy atom. The van der Waals surface area contributed by atoms with Gasteiger partial charge in [-0.1, -0.05) is 29.8 Å². The Bertz CT molecular complexity index is 987. The number of benzene rings is 2. The van der Waals surface area contributed by atoms with Crippen molar-refractivity contribution in [2.24, 2.45) is 0 Å². The third-order valence-electron chi connectivity index (χ3n) is 3.88. The fourth-order valence-electron chi connectivity index (χ4n) is 2.51. The molecule has 0 saturated carbocycles. The molecule has 2 amide bonds. The number of carbonyl (C=O) groups excluding carboxylic acids is 2. The van der Waals surface area contributed by atoms with Crippen LogP contribution >= 0.6 is 27.5 Å². The molecule has 0 radical (unpaired) electrons. The average molecular weight is 448 g/mol. The van der Waals surface area contributed by atoms with E-state index in [1.165, 1.54) is 0 Å².